The lowest BCUT2D eigenvalue weighted by Crippen LogP contribution is -2.28. The molecule has 0 unspecified atom stereocenters. The Hall–Kier alpha value is -2.02. The Kier molecular flexibility index (Phi) is 6.19. The van der Waals surface area contributed by atoms with Gasteiger partial charge in [-0.05, 0) is 24.6 Å². The molecule has 0 saturated carbocycles. The van der Waals surface area contributed by atoms with Crippen LogP contribution in [0.5, 0.6) is 0 Å². The summed E-state index contributed by atoms with van der Waals surface area (Å²) in [5, 5.41) is 11.5. The number of carbonyl (C=O) groups is 1. The Labute approximate surface area is 165 Å². The lowest BCUT2D eigenvalue weighted by atomic mass is 10.1. The van der Waals surface area contributed by atoms with Crippen LogP contribution in [0, 0.1) is 0 Å². The van der Waals surface area contributed by atoms with Gasteiger partial charge >= 0.3 is 0 Å². The first-order valence-electron chi connectivity index (χ1n) is 7.88. The van der Waals surface area contributed by atoms with Gasteiger partial charge in [0.2, 0.25) is 11.1 Å². The number of hydrogen-bond acceptors (Lipinski definition) is 4. The van der Waals surface area contributed by atoms with Crippen LogP contribution in [-0.2, 0) is 4.79 Å². The molecule has 1 heterocycles. The van der Waals surface area contributed by atoms with Gasteiger partial charge in [-0.3, -0.25) is 9.89 Å². The second-order valence-corrected chi connectivity index (χ2v) is 7.36. The summed E-state index contributed by atoms with van der Waals surface area (Å²) in [6, 6.07) is 14.7. The quantitative estimate of drug-likeness (QED) is 0.579. The third-order valence-electron chi connectivity index (χ3n) is 3.65. The monoisotopic (exact) mass is 406 g/mol. The van der Waals surface area contributed by atoms with Gasteiger partial charge in [-0.25, -0.2) is 4.98 Å². The highest BCUT2D eigenvalue weighted by Gasteiger charge is 2.14. The van der Waals surface area contributed by atoms with Gasteiger partial charge in [0.15, 0.2) is 5.82 Å². The molecule has 0 spiro atoms. The summed E-state index contributed by atoms with van der Waals surface area (Å²) in [6.45, 7) is 1.87. The molecule has 2 N–H and O–H groups in total. The summed E-state index contributed by atoms with van der Waals surface area (Å²) in [5.74, 6) is 0.760. The Morgan fingerprint density at radius 3 is 2.73 bits per heavy atom. The van der Waals surface area contributed by atoms with Gasteiger partial charge < -0.3 is 5.32 Å². The number of aromatic nitrogens is 3. The van der Waals surface area contributed by atoms with Gasteiger partial charge in [-0.2, -0.15) is 0 Å². The molecule has 26 heavy (non-hydrogen) atoms. The van der Waals surface area contributed by atoms with E-state index in [1.165, 1.54) is 11.8 Å². The smallest absolute Gasteiger partial charge is 0.230 e. The maximum absolute atomic E-state index is 12.2. The van der Waals surface area contributed by atoms with Gasteiger partial charge in [0.25, 0.3) is 0 Å². The number of H-pyrrole nitrogens is 1. The molecule has 0 saturated heterocycles. The zero-order chi connectivity index (χ0) is 18.5. The molecule has 1 aromatic heterocycles. The minimum Gasteiger partial charge on any atom is -0.349 e. The zero-order valence-electron chi connectivity index (χ0n) is 13.9. The van der Waals surface area contributed by atoms with E-state index in [-0.39, 0.29) is 17.7 Å². The van der Waals surface area contributed by atoms with Crippen molar-refractivity contribution in [3.63, 3.8) is 0 Å². The number of aromatic amines is 1. The van der Waals surface area contributed by atoms with Crippen molar-refractivity contribution < 1.29 is 4.79 Å². The van der Waals surface area contributed by atoms with Crippen LogP contribution in [0.1, 0.15) is 18.5 Å². The fraction of sp³-hybridized carbons (Fsp3) is 0.167. The molecule has 0 aliphatic rings. The normalized spacial score (nSPS) is 12.0. The predicted octanol–water partition coefficient (Wildman–Crippen LogP) is 4.75. The van der Waals surface area contributed by atoms with Gasteiger partial charge in [-0.1, -0.05) is 71.4 Å². The number of thioether (sulfide) groups is 1. The van der Waals surface area contributed by atoms with E-state index in [1.807, 2.05) is 43.3 Å². The first-order valence-corrected chi connectivity index (χ1v) is 9.62. The van der Waals surface area contributed by atoms with Crippen molar-refractivity contribution in [3.8, 4) is 11.4 Å². The highest BCUT2D eigenvalue weighted by Crippen LogP contribution is 2.26. The largest absolute Gasteiger partial charge is 0.349 e. The van der Waals surface area contributed by atoms with Crippen molar-refractivity contribution in [1.82, 2.24) is 20.5 Å². The van der Waals surface area contributed by atoms with E-state index in [2.05, 4.69) is 20.5 Å². The van der Waals surface area contributed by atoms with E-state index in [4.69, 9.17) is 23.2 Å². The van der Waals surface area contributed by atoms with Crippen molar-refractivity contribution in [2.45, 2.75) is 18.1 Å². The number of nitrogens with one attached hydrogen (secondary N) is 2. The number of nitrogens with zero attached hydrogens (tertiary/aromatic N) is 2. The summed E-state index contributed by atoms with van der Waals surface area (Å²) in [5.41, 5.74) is 1.76. The van der Waals surface area contributed by atoms with Gasteiger partial charge in [0.1, 0.15) is 0 Å². The lowest BCUT2D eigenvalue weighted by molar-refractivity contribution is -0.119. The van der Waals surface area contributed by atoms with Crippen LogP contribution in [-0.4, -0.2) is 26.8 Å². The molecule has 0 bridgehead atoms. The molecule has 0 fully saturated rings. The van der Waals surface area contributed by atoms with Gasteiger partial charge in [-0.15, -0.1) is 5.10 Å². The SMILES string of the molecule is C[C@H](NC(=O)CSc1n[nH]c(-c2ccccc2)n1)c1ccc(Cl)cc1Cl. The van der Waals surface area contributed by atoms with Crippen LogP contribution in [0.25, 0.3) is 11.4 Å². The topological polar surface area (TPSA) is 70.7 Å². The van der Waals surface area contributed by atoms with Crippen molar-refractivity contribution in [1.29, 1.82) is 0 Å². The second-order valence-electron chi connectivity index (χ2n) is 5.58. The molecule has 0 radical (unpaired) electrons. The summed E-state index contributed by atoms with van der Waals surface area (Å²) < 4.78 is 0. The number of benzene rings is 2. The first kappa shape index (κ1) is 18.8. The van der Waals surface area contributed by atoms with E-state index in [0.717, 1.165) is 11.1 Å². The minimum absolute atomic E-state index is 0.125. The molecule has 1 amide bonds. The summed E-state index contributed by atoms with van der Waals surface area (Å²) in [7, 11) is 0. The molecule has 1 atom stereocenters. The standard InChI is InChI=1S/C18H16Cl2N4OS/c1-11(14-8-7-13(19)9-15(14)20)21-16(25)10-26-18-22-17(23-24-18)12-5-3-2-4-6-12/h2-9,11H,10H2,1H3,(H,21,25)(H,22,23,24)/t11-/m0/s1. The lowest BCUT2D eigenvalue weighted by Gasteiger charge is -2.15. The first-order chi connectivity index (χ1) is 12.5. The van der Waals surface area contributed by atoms with E-state index in [9.17, 15) is 4.79 Å². The number of hydrogen-bond donors (Lipinski definition) is 2. The molecule has 8 heteroatoms. The summed E-state index contributed by atoms with van der Waals surface area (Å²) in [6.07, 6.45) is 0. The maximum Gasteiger partial charge on any atom is 0.230 e. The fourth-order valence-corrected chi connectivity index (χ4v) is 3.56. The molecule has 2 aromatic carbocycles. The fourth-order valence-electron chi connectivity index (χ4n) is 2.38. The Bertz CT molecular complexity index is 901. The van der Waals surface area contributed by atoms with Crippen LogP contribution >= 0.6 is 35.0 Å². The van der Waals surface area contributed by atoms with Crippen molar-refractivity contribution >= 4 is 40.9 Å². The highest BCUT2D eigenvalue weighted by atomic mass is 35.5. The van der Waals surface area contributed by atoms with Crippen LogP contribution in [0.15, 0.2) is 53.7 Å². The molecule has 134 valence electrons. The Morgan fingerprint density at radius 2 is 2.00 bits per heavy atom. The highest BCUT2D eigenvalue weighted by molar-refractivity contribution is 7.99. The molecule has 5 nitrogen and oxygen atoms in total. The Morgan fingerprint density at radius 1 is 1.23 bits per heavy atom. The third kappa shape index (κ3) is 4.78. The van der Waals surface area contributed by atoms with Crippen LogP contribution in [0.3, 0.4) is 0 Å². The van der Waals surface area contributed by atoms with E-state index in [0.29, 0.717) is 21.0 Å². The number of amides is 1. The predicted molar refractivity (Wildman–Crippen MR) is 106 cm³/mol. The molecule has 0 aliphatic heterocycles. The zero-order valence-corrected chi connectivity index (χ0v) is 16.2. The summed E-state index contributed by atoms with van der Waals surface area (Å²) in [4.78, 5) is 16.6. The number of carbonyl (C=O) groups excluding carboxylic acids is 1. The molecular weight excluding hydrogens is 391 g/mol. The van der Waals surface area contributed by atoms with Crippen molar-refractivity contribution in [3.05, 3.63) is 64.1 Å². The van der Waals surface area contributed by atoms with E-state index < -0.39 is 0 Å². The van der Waals surface area contributed by atoms with Crippen LogP contribution < -0.4 is 5.32 Å². The van der Waals surface area contributed by atoms with Gasteiger partial charge in [0.05, 0.1) is 11.8 Å². The maximum atomic E-state index is 12.2. The van der Waals surface area contributed by atoms with Crippen LogP contribution in [0.4, 0.5) is 0 Å². The molecule has 3 aromatic rings. The van der Waals surface area contributed by atoms with Crippen molar-refractivity contribution in [2.75, 3.05) is 5.75 Å². The van der Waals surface area contributed by atoms with E-state index >= 15 is 0 Å². The molecular formula is C18H16Cl2N4OS. The minimum atomic E-state index is -0.222. The van der Waals surface area contributed by atoms with Crippen molar-refractivity contribution in [2.24, 2.45) is 0 Å². The average Bonchev–Trinajstić information content (AvgIpc) is 3.09. The van der Waals surface area contributed by atoms with Gasteiger partial charge in [0, 0.05) is 15.6 Å². The molecule has 3 rings (SSSR count). The number of rotatable bonds is 6. The Balaban J connectivity index is 1.55. The van der Waals surface area contributed by atoms with Crippen LogP contribution in [0.2, 0.25) is 10.0 Å². The molecule has 0 aliphatic carbocycles. The number of halogens is 2. The van der Waals surface area contributed by atoms with E-state index in [1.54, 1.807) is 12.1 Å². The average molecular weight is 407 g/mol. The third-order valence-corrected chi connectivity index (χ3v) is 5.06. The summed E-state index contributed by atoms with van der Waals surface area (Å²) >= 11 is 13.3. The second kappa shape index (κ2) is 8.58.